The molecule has 0 amide bonds. The second kappa shape index (κ2) is 7.44. The van der Waals surface area contributed by atoms with E-state index in [0.29, 0.717) is 18.9 Å². The van der Waals surface area contributed by atoms with E-state index in [1.54, 1.807) is 12.5 Å². The van der Waals surface area contributed by atoms with Crippen LogP contribution in [0.15, 0.2) is 23.7 Å². The van der Waals surface area contributed by atoms with Crippen LogP contribution in [0.4, 0.5) is 0 Å². The van der Waals surface area contributed by atoms with Gasteiger partial charge in [-0.25, -0.2) is 13.4 Å². The van der Waals surface area contributed by atoms with Gasteiger partial charge in [-0.2, -0.15) is 0 Å². The third kappa shape index (κ3) is 5.37. The Hall–Kier alpha value is -1.57. The smallest absolute Gasteiger partial charge is 0.191 e. The van der Waals surface area contributed by atoms with Crippen LogP contribution in [0.5, 0.6) is 0 Å². The average Bonchev–Trinajstić information content (AvgIpc) is 3.04. The summed E-state index contributed by atoms with van der Waals surface area (Å²) in [5.41, 5.74) is 0. The number of aliphatic imine (C=N–C) groups is 1. The van der Waals surface area contributed by atoms with Crippen molar-refractivity contribution in [2.45, 2.75) is 32.4 Å². The van der Waals surface area contributed by atoms with Gasteiger partial charge in [0.1, 0.15) is 0 Å². The van der Waals surface area contributed by atoms with E-state index in [1.165, 1.54) is 0 Å². The maximum Gasteiger partial charge on any atom is 0.191 e. The lowest BCUT2D eigenvalue weighted by Crippen LogP contribution is -2.44. The predicted octanol–water partition coefficient (Wildman–Crippen LogP) is 0.0154. The highest BCUT2D eigenvalue weighted by atomic mass is 32.2. The van der Waals surface area contributed by atoms with Crippen molar-refractivity contribution >= 4 is 15.8 Å². The molecule has 1 aromatic heterocycles. The van der Waals surface area contributed by atoms with Crippen molar-refractivity contribution in [3.63, 3.8) is 0 Å². The highest BCUT2D eigenvalue weighted by Gasteiger charge is 2.28. The van der Waals surface area contributed by atoms with Crippen molar-refractivity contribution in [1.82, 2.24) is 20.2 Å². The highest BCUT2D eigenvalue weighted by molar-refractivity contribution is 7.91. The van der Waals surface area contributed by atoms with Crippen LogP contribution in [0.25, 0.3) is 0 Å². The number of rotatable bonds is 6. The molecular formula is C13H23N5O2S. The first-order valence-electron chi connectivity index (χ1n) is 7.30. The van der Waals surface area contributed by atoms with Gasteiger partial charge >= 0.3 is 0 Å². The summed E-state index contributed by atoms with van der Waals surface area (Å²) < 4.78 is 24.9. The lowest BCUT2D eigenvalue weighted by Gasteiger charge is -2.15. The zero-order chi connectivity index (χ0) is 15.1. The Morgan fingerprint density at radius 2 is 2.38 bits per heavy atom. The van der Waals surface area contributed by atoms with Crippen molar-refractivity contribution in [2.75, 3.05) is 24.6 Å². The fourth-order valence-electron chi connectivity index (χ4n) is 2.29. The van der Waals surface area contributed by atoms with Gasteiger partial charge in [0.2, 0.25) is 0 Å². The number of imidazole rings is 1. The minimum absolute atomic E-state index is 0.0264. The summed E-state index contributed by atoms with van der Waals surface area (Å²) in [5, 5.41) is 6.36. The summed E-state index contributed by atoms with van der Waals surface area (Å²) in [6, 6.07) is -0.0264. The SMILES string of the molecule is CCNC(=NCCCn1ccnc1)NC1CCS(=O)(=O)C1. The monoisotopic (exact) mass is 313 g/mol. The van der Waals surface area contributed by atoms with Gasteiger partial charge in [0.05, 0.1) is 17.8 Å². The van der Waals surface area contributed by atoms with Gasteiger partial charge in [0.25, 0.3) is 0 Å². The molecule has 1 aromatic rings. The number of sulfone groups is 1. The van der Waals surface area contributed by atoms with Crippen molar-refractivity contribution in [3.05, 3.63) is 18.7 Å². The quantitative estimate of drug-likeness (QED) is 0.439. The highest BCUT2D eigenvalue weighted by Crippen LogP contribution is 2.10. The molecule has 1 atom stereocenters. The molecule has 1 saturated heterocycles. The normalized spacial score (nSPS) is 21.4. The fourth-order valence-corrected chi connectivity index (χ4v) is 3.96. The maximum absolute atomic E-state index is 11.5. The predicted molar refractivity (Wildman–Crippen MR) is 83.0 cm³/mol. The number of aryl methyl sites for hydroxylation is 1. The molecule has 0 aromatic carbocycles. The maximum atomic E-state index is 11.5. The van der Waals surface area contributed by atoms with Gasteiger partial charge in [0.15, 0.2) is 15.8 Å². The minimum Gasteiger partial charge on any atom is -0.357 e. The molecule has 0 bridgehead atoms. The van der Waals surface area contributed by atoms with Crippen LogP contribution in [-0.4, -0.2) is 54.6 Å². The molecule has 0 aliphatic carbocycles. The number of guanidine groups is 1. The molecule has 2 heterocycles. The lowest BCUT2D eigenvalue weighted by molar-refractivity contribution is 0.599. The van der Waals surface area contributed by atoms with Crippen LogP contribution < -0.4 is 10.6 Å². The van der Waals surface area contributed by atoms with Gasteiger partial charge in [-0.3, -0.25) is 4.99 Å². The third-order valence-corrected chi connectivity index (χ3v) is 5.09. The summed E-state index contributed by atoms with van der Waals surface area (Å²) in [6.45, 7) is 4.31. The number of hydrogen-bond acceptors (Lipinski definition) is 4. The molecule has 2 rings (SSSR count). The van der Waals surface area contributed by atoms with Gasteiger partial charge in [-0.05, 0) is 19.8 Å². The van der Waals surface area contributed by atoms with Crippen LogP contribution in [0.1, 0.15) is 19.8 Å². The summed E-state index contributed by atoms with van der Waals surface area (Å²) in [7, 11) is -2.87. The Kier molecular flexibility index (Phi) is 5.60. The molecule has 0 radical (unpaired) electrons. The van der Waals surface area contributed by atoms with Crippen LogP contribution in [0.3, 0.4) is 0 Å². The first kappa shape index (κ1) is 15.8. The second-order valence-electron chi connectivity index (χ2n) is 5.16. The molecule has 2 N–H and O–H groups in total. The van der Waals surface area contributed by atoms with E-state index in [2.05, 4.69) is 20.6 Å². The van der Waals surface area contributed by atoms with Crippen LogP contribution >= 0.6 is 0 Å². The lowest BCUT2D eigenvalue weighted by atomic mass is 10.3. The summed E-state index contributed by atoms with van der Waals surface area (Å²) >= 11 is 0. The molecule has 118 valence electrons. The van der Waals surface area contributed by atoms with Crippen LogP contribution in [0, 0.1) is 0 Å². The van der Waals surface area contributed by atoms with Gasteiger partial charge in [-0.15, -0.1) is 0 Å². The molecule has 1 aliphatic heterocycles. The molecule has 1 fully saturated rings. The minimum atomic E-state index is -2.87. The van der Waals surface area contributed by atoms with E-state index >= 15 is 0 Å². The number of nitrogens with one attached hydrogen (secondary N) is 2. The fraction of sp³-hybridized carbons (Fsp3) is 0.692. The molecule has 8 heteroatoms. The topological polar surface area (TPSA) is 88.4 Å². The Bertz CT molecular complexity index is 553. The average molecular weight is 313 g/mol. The zero-order valence-corrected chi connectivity index (χ0v) is 13.1. The first-order valence-corrected chi connectivity index (χ1v) is 9.12. The van der Waals surface area contributed by atoms with E-state index in [-0.39, 0.29) is 17.5 Å². The molecule has 7 nitrogen and oxygen atoms in total. The summed E-state index contributed by atoms with van der Waals surface area (Å²) in [5.74, 6) is 1.17. The molecular weight excluding hydrogens is 290 g/mol. The Labute approximate surface area is 125 Å². The third-order valence-electron chi connectivity index (χ3n) is 3.32. The van der Waals surface area contributed by atoms with Crippen molar-refractivity contribution in [2.24, 2.45) is 4.99 Å². The molecule has 0 saturated carbocycles. The number of hydrogen-bond donors (Lipinski definition) is 2. The number of nitrogens with zero attached hydrogens (tertiary/aromatic N) is 3. The van der Waals surface area contributed by atoms with E-state index in [4.69, 9.17) is 0 Å². The van der Waals surface area contributed by atoms with Gasteiger partial charge in [-0.1, -0.05) is 0 Å². The standard InChI is InChI=1S/C13H23N5O2S/c1-2-15-13(17-12-4-9-21(19,20)10-12)16-5-3-7-18-8-6-14-11-18/h6,8,11-12H,2-5,7,9-10H2,1H3,(H2,15,16,17). The zero-order valence-electron chi connectivity index (χ0n) is 12.3. The van der Waals surface area contributed by atoms with E-state index < -0.39 is 9.84 Å². The van der Waals surface area contributed by atoms with Gasteiger partial charge < -0.3 is 15.2 Å². The van der Waals surface area contributed by atoms with E-state index in [9.17, 15) is 8.42 Å². The van der Waals surface area contributed by atoms with Crippen molar-refractivity contribution in [3.8, 4) is 0 Å². The van der Waals surface area contributed by atoms with E-state index in [1.807, 2.05) is 17.7 Å². The van der Waals surface area contributed by atoms with Crippen LogP contribution in [0.2, 0.25) is 0 Å². The summed E-state index contributed by atoms with van der Waals surface area (Å²) in [4.78, 5) is 8.48. The first-order chi connectivity index (χ1) is 10.1. The molecule has 1 unspecified atom stereocenters. The Balaban J connectivity index is 1.79. The van der Waals surface area contributed by atoms with Crippen molar-refractivity contribution < 1.29 is 8.42 Å². The molecule has 21 heavy (non-hydrogen) atoms. The molecule has 0 spiro atoms. The number of aromatic nitrogens is 2. The van der Waals surface area contributed by atoms with Crippen molar-refractivity contribution in [1.29, 1.82) is 0 Å². The Morgan fingerprint density at radius 1 is 1.52 bits per heavy atom. The van der Waals surface area contributed by atoms with Crippen LogP contribution in [-0.2, 0) is 16.4 Å². The summed E-state index contributed by atoms with van der Waals surface area (Å²) in [6.07, 6.45) is 7.04. The van der Waals surface area contributed by atoms with E-state index in [0.717, 1.165) is 19.5 Å². The molecule has 1 aliphatic rings. The second-order valence-corrected chi connectivity index (χ2v) is 7.39. The Morgan fingerprint density at radius 3 is 3.00 bits per heavy atom. The largest absolute Gasteiger partial charge is 0.357 e. The van der Waals surface area contributed by atoms with Gasteiger partial charge in [0, 0.05) is 38.1 Å².